The van der Waals surface area contributed by atoms with Crippen molar-refractivity contribution >= 4 is 17.8 Å². The lowest BCUT2D eigenvalue weighted by molar-refractivity contribution is -0.128. The number of amides is 3. The van der Waals surface area contributed by atoms with Gasteiger partial charge in [-0.3, -0.25) is 4.79 Å². The molecule has 0 aromatic carbocycles. The predicted octanol–water partition coefficient (Wildman–Crippen LogP) is 0.828. The van der Waals surface area contributed by atoms with E-state index in [1.807, 2.05) is 18.2 Å². The zero-order chi connectivity index (χ0) is 16.7. The Hall–Kier alpha value is -2.31. The molecule has 0 unspecified atom stereocenters. The third-order valence-corrected chi connectivity index (χ3v) is 3.93. The number of hydrogen-bond acceptors (Lipinski definition) is 4. The fraction of sp³-hybridized carbons (Fsp3) is 0.562. The molecule has 2 N–H and O–H groups in total. The summed E-state index contributed by atoms with van der Waals surface area (Å²) in [4.78, 5) is 31.4. The lowest BCUT2D eigenvalue weighted by Crippen LogP contribution is -2.48. The van der Waals surface area contributed by atoms with Crippen molar-refractivity contribution < 1.29 is 9.59 Å². The molecule has 23 heavy (non-hydrogen) atoms. The number of pyridine rings is 1. The van der Waals surface area contributed by atoms with E-state index in [2.05, 4.69) is 20.5 Å². The van der Waals surface area contributed by atoms with Gasteiger partial charge in [0.25, 0.3) is 0 Å². The van der Waals surface area contributed by atoms with E-state index in [-0.39, 0.29) is 18.0 Å². The Balaban J connectivity index is 1.66. The third kappa shape index (κ3) is 5.43. The molecule has 126 valence electrons. The first kappa shape index (κ1) is 17.1. The van der Waals surface area contributed by atoms with Gasteiger partial charge in [0.05, 0.1) is 0 Å². The van der Waals surface area contributed by atoms with Crippen LogP contribution in [0.25, 0.3) is 0 Å². The molecular weight excluding hydrogens is 294 g/mol. The molecular formula is C16H25N5O2. The number of piperidine rings is 1. The van der Waals surface area contributed by atoms with Gasteiger partial charge in [-0.05, 0) is 25.0 Å². The van der Waals surface area contributed by atoms with Gasteiger partial charge in [-0.25, -0.2) is 9.78 Å². The molecule has 1 fully saturated rings. The van der Waals surface area contributed by atoms with Gasteiger partial charge in [-0.15, -0.1) is 0 Å². The van der Waals surface area contributed by atoms with Gasteiger partial charge in [0.2, 0.25) is 5.91 Å². The van der Waals surface area contributed by atoms with Crippen LogP contribution in [0.1, 0.15) is 19.3 Å². The van der Waals surface area contributed by atoms with Crippen molar-refractivity contribution in [2.45, 2.75) is 25.3 Å². The average molecular weight is 319 g/mol. The van der Waals surface area contributed by atoms with Crippen LogP contribution in [0, 0.1) is 0 Å². The molecule has 0 saturated carbocycles. The van der Waals surface area contributed by atoms with Crippen molar-refractivity contribution in [1.82, 2.24) is 20.5 Å². The highest BCUT2D eigenvalue weighted by Gasteiger charge is 2.21. The molecule has 0 atom stereocenters. The maximum absolute atomic E-state index is 11.8. The monoisotopic (exact) mass is 319 g/mol. The highest BCUT2D eigenvalue weighted by atomic mass is 16.2. The van der Waals surface area contributed by atoms with Gasteiger partial charge in [0.1, 0.15) is 5.82 Å². The first-order valence-corrected chi connectivity index (χ1v) is 7.97. The number of anilines is 1. The molecule has 1 aromatic heterocycles. The zero-order valence-corrected chi connectivity index (χ0v) is 13.8. The molecule has 2 rings (SSSR count). The Bertz CT molecular complexity index is 512. The summed E-state index contributed by atoms with van der Waals surface area (Å²) >= 11 is 0. The number of nitrogens with zero attached hydrogens (tertiary/aromatic N) is 3. The van der Waals surface area contributed by atoms with Gasteiger partial charge in [0.15, 0.2) is 0 Å². The largest absolute Gasteiger partial charge is 0.356 e. The standard InChI is InChI=1S/C16H25N5O2/c1-20(2)15(22)6-10-18-16(23)19-13-7-11-21(12-8-13)14-5-3-4-9-17-14/h3-5,9,13H,6-8,10-12H2,1-2H3,(H2,18,19,23). The van der Waals surface area contributed by atoms with Gasteiger partial charge in [-0.2, -0.15) is 0 Å². The van der Waals surface area contributed by atoms with Crippen LogP contribution >= 0.6 is 0 Å². The first-order valence-electron chi connectivity index (χ1n) is 7.97. The summed E-state index contributed by atoms with van der Waals surface area (Å²) in [7, 11) is 3.41. The van der Waals surface area contributed by atoms with E-state index in [4.69, 9.17) is 0 Å². The van der Waals surface area contributed by atoms with Crippen molar-refractivity contribution in [3.63, 3.8) is 0 Å². The smallest absolute Gasteiger partial charge is 0.315 e. The molecule has 2 heterocycles. The van der Waals surface area contributed by atoms with Gasteiger partial charge in [-0.1, -0.05) is 6.07 Å². The number of carbonyl (C=O) groups excluding carboxylic acids is 2. The summed E-state index contributed by atoms with van der Waals surface area (Å²) in [6, 6.07) is 5.85. The molecule has 1 aliphatic heterocycles. The Kier molecular flexibility index (Phi) is 6.19. The van der Waals surface area contributed by atoms with E-state index in [1.54, 1.807) is 20.3 Å². The summed E-state index contributed by atoms with van der Waals surface area (Å²) in [6.07, 6.45) is 3.89. The van der Waals surface area contributed by atoms with Gasteiger partial charge < -0.3 is 20.4 Å². The topological polar surface area (TPSA) is 77.6 Å². The van der Waals surface area contributed by atoms with Gasteiger partial charge in [0, 0.05) is 52.4 Å². The van der Waals surface area contributed by atoms with E-state index in [0.29, 0.717) is 13.0 Å². The van der Waals surface area contributed by atoms with Crippen molar-refractivity contribution in [3.8, 4) is 0 Å². The number of hydrogen-bond donors (Lipinski definition) is 2. The van der Waals surface area contributed by atoms with Crippen LogP contribution in [0.2, 0.25) is 0 Å². The Morgan fingerprint density at radius 3 is 2.65 bits per heavy atom. The maximum atomic E-state index is 11.8. The molecule has 1 aromatic rings. The van der Waals surface area contributed by atoms with Crippen LogP contribution in [0.5, 0.6) is 0 Å². The zero-order valence-electron chi connectivity index (χ0n) is 13.8. The molecule has 7 heteroatoms. The average Bonchev–Trinajstić information content (AvgIpc) is 2.56. The lowest BCUT2D eigenvalue weighted by Gasteiger charge is -2.33. The third-order valence-electron chi connectivity index (χ3n) is 3.93. The van der Waals surface area contributed by atoms with Crippen LogP contribution in [0.4, 0.5) is 10.6 Å². The summed E-state index contributed by atoms with van der Waals surface area (Å²) in [6.45, 7) is 2.11. The molecule has 1 saturated heterocycles. The Labute approximate surface area is 137 Å². The minimum Gasteiger partial charge on any atom is -0.356 e. The summed E-state index contributed by atoms with van der Waals surface area (Å²) in [5.41, 5.74) is 0. The molecule has 7 nitrogen and oxygen atoms in total. The van der Waals surface area contributed by atoms with E-state index >= 15 is 0 Å². The number of nitrogens with one attached hydrogen (secondary N) is 2. The fourth-order valence-corrected chi connectivity index (χ4v) is 2.54. The second kappa shape index (κ2) is 8.36. The van der Waals surface area contributed by atoms with Gasteiger partial charge >= 0.3 is 6.03 Å². The van der Waals surface area contributed by atoms with Crippen LogP contribution in [0.15, 0.2) is 24.4 Å². The Morgan fingerprint density at radius 2 is 2.04 bits per heavy atom. The Morgan fingerprint density at radius 1 is 1.30 bits per heavy atom. The lowest BCUT2D eigenvalue weighted by atomic mass is 10.1. The van der Waals surface area contributed by atoms with Crippen LogP contribution in [0.3, 0.4) is 0 Å². The summed E-state index contributed by atoms with van der Waals surface area (Å²) in [5, 5.41) is 5.71. The van der Waals surface area contributed by atoms with E-state index in [0.717, 1.165) is 31.7 Å². The molecule has 0 bridgehead atoms. The van der Waals surface area contributed by atoms with E-state index < -0.39 is 0 Å². The number of carbonyl (C=O) groups is 2. The van der Waals surface area contributed by atoms with Crippen LogP contribution in [-0.2, 0) is 4.79 Å². The fourth-order valence-electron chi connectivity index (χ4n) is 2.54. The van der Waals surface area contributed by atoms with Crippen molar-refractivity contribution in [3.05, 3.63) is 24.4 Å². The maximum Gasteiger partial charge on any atom is 0.315 e. The second-order valence-electron chi connectivity index (χ2n) is 5.89. The minimum atomic E-state index is -0.201. The second-order valence-corrected chi connectivity index (χ2v) is 5.89. The summed E-state index contributed by atoms with van der Waals surface area (Å²) in [5.74, 6) is 0.992. The molecule has 0 radical (unpaired) electrons. The molecule has 0 aliphatic carbocycles. The molecule has 3 amide bonds. The SMILES string of the molecule is CN(C)C(=O)CCNC(=O)NC1CCN(c2ccccn2)CC1. The number of aromatic nitrogens is 1. The predicted molar refractivity (Wildman–Crippen MR) is 89.3 cm³/mol. The highest BCUT2D eigenvalue weighted by Crippen LogP contribution is 2.17. The number of rotatable bonds is 5. The molecule has 0 spiro atoms. The van der Waals surface area contributed by atoms with E-state index in [1.165, 1.54) is 4.90 Å². The van der Waals surface area contributed by atoms with Crippen LogP contribution < -0.4 is 15.5 Å². The quantitative estimate of drug-likeness (QED) is 0.843. The van der Waals surface area contributed by atoms with Crippen molar-refractivity contribution in [2.24, 2.45) is 0 Å². The number of urea groups is 1. The van der Waals surface area contributed by atoms with Crippen molar-refractivity contribution in [2.75, 3.05) is 38.6 Å². The van der Waals surface area contributed by atoms with Crippen LogP contribution in [-0.4, -0.2) is 61.6 Å². The summed E-state index contributed by atoms with van der Waals surface area (Å²) < 4.78 is 0. The molecule has 1 aliphatic rings. The minimum absolute atomic E-state index is 0.00830. The van der Waals surface area contributed by atoms with Crippen molar-refractivity contribution in [1.29, 1.82) is 0 Å². The normalized spacial score (nSPS) is 15.1. The highest BCUT2D eigenvalue weighted by molar-refractivity contribution is 5.78. The van der Waals surface area contributed by atoms with E-state index in [9.17, 15) is 9.59 Å². The first-order chi connectivity index (χ1) is 11.1.